The van der Waals surface area contributed by atoms with Crippen LogP contribution in [0.1, 0.15) is 38.8 Å². The van der Waals surface area contributed by atoms with Gasteiger partial charge in [0.2, 0.25) is 23.6 Å². The van der Waals surface area contributed by atoms with Crippen molar-refractivity contribution in [3.63, 3.8) is 0 Å². The van der Waals surface area contributed by atoms with E-state index in [4.69, 9.17) is 0 Å². The molecule has 0 unspecified atom stereocenters. The van der Waals surface area contributed by atoms with Crippen LogP contribution in [-0.4, -0.2) is 92.9 Å². The number of aromatic nitrogens is 2. The Bertz CT molecular complexity index is 1030. The molecule has 0 atom stereocenters. The number of nitrogens with zero attached hydrogens (tertiary/aromatic N) is 6. The highest BCUT2D eigenvalue weighted by Crippen LogP contribution is 2.05. The zero-order chi connectivity index (χ0) is 30.5. The molecule has 1 fully saturated rings. The van der Waals surface area contributed by atoms with E-state index in [2.05, 4.69) is 31.7 Å². The van der Waals surface area contributed by atoms with Gasteiger partial charge in [0.1, 0.15) is 0 Å². The molecule has 0 spiro atoms. The van der Waals surface area contributed by atoms with Gasteiger partial charge in [-0.2, -0.15) is 0 Å². The number of carbonyl (C=O) groups is 4. The van der Waals surface area contributed by atoms with E-state index < -0.39 is 23.6 Å². The first kappa shape index (κ1) is 32.5. The molecule has 228 valence electrons. The molecule has 0 radical (unpaired) electrons. The highest BCUT2D eigenvalue weighted by Gasteiger charge is 2.24. The largest absolute Gasteiger partial charge is 0.287 e. The lowest BCUT2D eigenvalue weighted by atomic mass is 10.2. The normalized spacial score (nSPS) is 18.0. The molecule has 2 aromatic heterocycles. The molecule has 14 heteroatoms. The predicted molar refractivity (Wildman–Crippen MR) is 155 cm³/mol. The molecule has 1 aliphatic heterocycles. The highest BCUT2D eigenvalue weighted by molar-refractivity contribution is 5.83. The lowest BCUT2D eigenvalue weighted by molar-refractivity contribution is -0.137. The van der Waals surface area contributed by atoms with Gasteiger partial charge in [0.15, 0.2) is 0 Å². The molecular weight excluding hydrogens is 540 g/mol. The molecular formula is C28H42N10O4. The van der Waals surface area contributed by atoms with E-state index in [1.807, 2.05) is 39.8 Å². The van der Waals surface area contributed by atoms with Crippen LogP contribution in [-0.2, 0) is 32.3 Å². The summed E-state index contributed by atoms with van der Waals surface area (Å²) in [6.07, 6.45) is 6.59. The summed E-state index contributed by atoms with van der Waals surface area (Å²) in [5.41, 5.74) is 12.8. The van der Waals surface area contributed by atoms with E-state index >= 15 is 0 Å². The number of carbonyl (C=O) groups excluding carboxylic acids is 4. The van der Waals surface area contributed by atoms with Crippen LogP contribution in [0.15, 0.2) is 49.1 Å². The molecule has 4 N–H and O–H groups in total. The van der Waals surface area contributed by atoms with Gasteiger partial charge in [-0.1, -0.05) is 39.8 Å². The van der Waals surface area contributed by atoms with Crippen molar-refractivity contribution in [3.05, 3.63) is 60.2 Å². The van der Waals surface area contributed by atoms with Gasteiger partial charge >= 0.3 is 0 Å². The Hall–Kier alpha value is -3.98. The highest BCUT2D eigenvalue weighted by atomic mass is 16.2. The van der Waals surface area contributed by atoms with Gasteiger partial charge in [-0.25, -0.2) is 20.0 Å². The summed E-state index contributed by atoms with van der Waals surface area (Å²) < 4.78 is 0. The third-order valence-electron chi connectivity index (χ3n) is 5.83. The molecule has 3 rings (SSSR count). The van der Waals surface area contributed by atoms with Crippen LogP contribution in [0.5, 0.6) is 0 Å². The molecule has 3 heterocycles. The second-order valence-corrected chi connectivity index (χ2v) is 11.1. The Morgan fingerprint density at radius 3 is 1.24 bits per heavy atom. The van der Waals surface area contributed by atoms with Crippen molar-refractivity contribution >= 4 is 23.6 Å². The van der Waals surface area contributed by atoms with Crippen molar-refractivity contribution in [2.75, 3.05) is 39.3 Å². The van der Waals surface area contributed by atoms with Crippen molar-refractivity contribution in [2.45, 2.75) is 40.8 Å². The smallest absolute Gasteiger partial charge is 0.250 e. The first-order valence-electron chi connectivity index (χ1n) is 14.0. The summed E-state index contributed by atoms with van der Waals surface area (Å²) in [7, 11) is 0. The molecule has 0 saturated carbocycles. The van der Waals surface area contributed by atoms with Crippen LogP contribution in [0.4, 0.5) is 0 Å². The molecule has 14 nitrogen and oxygen atoms in total. The Kier molecular flexibility index (Phi) is 12.7. The Morgan fingerprint density at radius 2 is 0.929 bits per heavy atom. The second-order valence-electron chi connectivity index (χ2n) is 11.1. The molecule has 2 aromatic rings. The maximum atomic E-state index is 13.2. The van der Waals surface area contributed by atoms with Gasteiger partial charge in [-0.15, -0.1) is 0 Å². The molecule has 1 saturated heterocycles. The van der Waals surface area contributed by atoms with Crippen molar-refractivity contribution in [3.8, 4) is 0 Å². The Balaban J connectivity index is 1.86. The SMILES string of the molecule is CC(C)CN1CC(=O)NN(Cc2cccnc2)CC(=O)NN(CC(C)C)CC(=O)NN(Cc2cccnc2)CC(=O)N1. The fourth-order valence-electron chi connectivity index (χ4n) is 4.42. The van der Waals surface area contributed by atoms with Gasteiger partial charge in [0.25, 0.3) is 0 Å². The second kappa shape index (κ2) is 16.5. The summed E-state index contributed by atoms with van der Waals surface area (Å²) in [5.74, 6) is -1.34. The molecule has 0 aliphatic carbocycles. The molecule has 42 heavy (non-hydrogen) atoms. The Labute approximate surface area is 246 Å². The summed E-state index contributed by atoms with van der Waals surface area (Å²) in [6.45, 7) is 8.48. The van der Waals surface area contributed by atoms with Crippen LogP contribution < -0.4 is 21.7 Å². The fourth-order valence-corrected chi connectivity index (χ4v) is 4.42. The number of nitrogens with one attached hydrogen (secondary N) is 4. The molecule has 0 bridgehead atoms. The van der Waals surface area contributed by atoms with Gasteiger partial charge in [-0.3, -0.25) is 50.8 Å². The van der Waals surface area contributed by atoms with Crippen LogP contribution >= 0.6 is 0 Å². The maximum absolute atomic E-state index is 13.2. The summed E-state index contributed by atoms with van der Waals surface area (Å²) in [6, 6.07) is 7.23. The van der Waals surface area contributed by atoms with Crippen LogP contribution in [0.2, 0.25) is 0 Å². The Morgan fingerprint density at radius 1 is 0.595 bits per heavy atom. The quantitative estimate of drug-likeness (QED) is 0.330. The summed E-state index contributed by atoms with van der Waals surface area (Å²) in [4.78, 5) is 60.9. The summed E-state index contributed by atoms with van der Waals surface area (Å²) >= 11 is 0. The topological polar surface area (TPSA) is 155 Å². The minimum atomic E-state index is -0.403. The monoisotopic (exact) mass is 582 g/mol. The number of hydrogen-bond donors (Lipinski definition) is 4. The minimum Gasteiger partial charge on any atom is -0.287 e. The maximum Gasteiger partial charge on any atom is 0.250 e. The average molecular weight is 583 g/mol. The number of amides is 4. The van der Waals surface area contributed by atoms with Gasteiger partial charge < -0.3 is 0 Å². The minimum absolute atomic E-state index is 0.138. The van der Waals surface area contributed by atoms with Crippen LogP contribution in [0.3, 0.4) is 0 Å². The van der Waals surface area contributed by atoms with Gasteiger partial charge in [0.05, 0.1) is 26.2 Å². The van der Waals surface area contributed by atoms with Gasteiger partial charge in [0, 0.05) is 51.0 Å². The van der Waals surface area contributed by atoms with Crippen molar-refractivity contribution in [2.24, 2.45) is 11.8 Å². The standard InChI is InChI=1S/C28H42N10O4/c1-21(2)13-35-17-25(39)33-38(16-24-8-6-10-30-12-24)20-28(42)32-36(14-22(3)4)18-26(40)34-37(19-27(41)31-35)15-23-7-5-9-29-11-23/h5-12,21-22H,13-20H2,1-4H3,(H,31,41)(H,32,42)(H,33,39)(H,34,40). The molecule has 1 aliphatic rings. The zero-order valence-electron chi connectivity index (χ0n) is 24.7. The van der Waals surface area contributed by atoms with Crippen molar-refractivity contribution in [1.82, 2.24) is 51.7 Å². The van der Waals surface area contributed by atoms with Crippen molar-refractivity contribution in [1.29, 1.82) is 0 Å². The molecule has 4 amide bonds. The number of hydrogen-bond acceptors (Lipinski definition) is 10. The zero-order valence-corrected chi connectivity index (χ0v) is 24.7. The number of pyridine rings is 2. The van der Waals surface area contributed by atoms with E-state index in [1.165, 1.54) is 20.0 Å². The van der Waals surface area contributed by atoms with E-state index in [0.717, 1.165) is 11.1 Å². The van der Waals surface area contributed by atoms with Gasteiger partial charge in [-0.05, 0) is 35.1 Å². The van der Waals surface area contributed by atoms with Crippen LogP contribution in [0, 0.1) is 11.8 Å². The van der Waals surface area contributed by atoms with E-state index in [-0.39, 0.29) is 51.1 Å². The van der Waals surface area contributed by atoms with E-state index in [0.29, 0.717) is 13.1 Å². The fraction of sp³-hybridized carbons (Fsp3) is 0.500. The first-order chi connectivity index (χ1) is 20.0. The lowest BCUT2D eigenvalue weighted by Crippen LogP contribution is -2.58. The lowest BCUT2D eigenvalue weighted by Gasteiger charge is -2.31. The van der Waals surface area contributed by atoms with Crippen molar-refractivity contribution < 1.29 is 19.2 Å². The first-order valence-corrected chi connectivity index (χ1v) is 14.0. The van der Waals surface area contributed by atoms with E-state index in [9.17, 15) is 19.2 Å². The predicted octanol–water partition coefficient (Wildman–Crippen LogP) is -0.165. The third-order valence-corrected chi connectivity index (χ3v) is 5.83. The third kappa shape index (κ3) is 12.3. The van der Waals surface area contributed by atoms with Crippen LogP contribution in [0.25, 0.3) is 0 Å². The average Bonchev–Trinajstić information content (AvgIpc) is 2.88. The molecule has 0 aromatic carbocycles. The number of hydrazine groups is 4. The summed E-state index contributed by atoms with van der Waals surface area (Å²) in [5, 5.41) is 6.04. The van der Waals surface area contributed by atoms with E-state index in [1.54, 1.807) is 36.9 Å². The number of rotatable bonds is 8.